The molecule has 28 heavy (non-hydrogen) atoms. The Morgan fingerprint density at radius 2 is 1.89 bits per heavy atom. The molecule has 0 saturated carbocycles. The maximum absolute atomic E-state index is 12.8. The molecule has 2 aliphatic heterocycles. The molecule has 0 N–H and O–H groups in total. The lowest BCUT2D eigenvalue weighted by atomic mass is 10.0. The number of halogens is 1. The van der Waals surface area contributed by atoms with E-state index in [1.54, 1.807) is 0 Å². The summed E-state index contributed by atoms with van der Waals surface area (Å²) in [6, 6.07) is 8.05. The fraction of sp³-hybridized carbons (Fsp3) is 0.550. The van der Waals surface area contributed by atoms with Crippen molar-refractivity contribution in [3.05, 3.63) is 29.3 Å². The number of hydrogen-bond acceptors (Lipinski definition) is 5. The van der Waals surface area contributed by atoms with Crippen molar-refractivity contribution in [1.82, 2.24) is 19.7 Å². The lowest BCUT2D eigenvalue weighted by molar-refractivity contribution is -0.131. The maximum atomic E-state index is 12.8. The number of piperidine rings is 1. The Morgan fingerprint density at radius 1 is 1.14 bits per heavy atom. The minimum Gasteiger partial charge on any atom is -0.341 e. The highest BCUT2D eigenvalue weighted by Crippen LogP contribution is 2.32. The van der Waals surface area contributed by atoms with E-state index in [1.165, 1.54) is 18.2 Å². The third kappa shape index (κ3) is 4.01. The van der Waals surface area contributed by atoms with Crippen molar-refractivity contribution in [1.29, 1.82) is 0 Å². The van der Waals surface area contributed by atoms with Crippen molar-refractivity contribution in [2.75, 3.05) is 30.3 Å². The highest BCUT2D eigenvalue weighted by Gasteiger charge is 2.26. The van der Waals surface area contributed by atoms with E-state index in [9.17, 15) is 4.79 Å². The first-order valence-electron chi connectivity index (χ1n) is 10.0. The molecule has 150 valence electrons. The van der Waals surface area contributed by atoms with Crippen LogP contribution in [0.25, 0.3) is 5.69 Å². The SMILES string of the molecule is CC1CCCCN1C(=O)CSc1nnc(N2CCCC2)n1-c1ccccc1Cl. The van der Waals surface area contributed by atoms with E-state index in [4.69, 9.17) is 11.6 Å². The summed E-state index contributed by atoms with van der Waals surface area (Å²) in [6.07, 6.45) is 5.70. The van der Waals surface area contributed by atoms with Gasteiger partial charge in [0.1, 0.15) is 0 Å². The van der Waals surface area contributed by atoms with Gasteiger partial charge in [-0.15, -0.1) is 10.2 Å². The van der Waals surface area contributed by atoms with Crippen LogP contribution < -0.4 is 4.90 Å². The number of nitrogens with zero attached hydrogens (tertiary/aromatic N) is 5. The van der Waals surface area contributed by atoms with Gasteiger partial charge in [0.15, 0.2) is 5.16 Å². The van der Waals surface area contributed by atoms with Crippen LogP contribution >= 0.6 is 23.4 Å². The van der Waals surface area contributed by atoms with E-state index >= 15 is 0 Å². The molecule has 0 radical (unpaired) electrons. The molecule has 1 unspecified atom stereocenters. The third-order valence-electron chi connectivity index (χ3n) is 5.55. The standard InChI is InChI=1S/C20H26ClN5OS/c1-15-8-4-5-13-25(15)18(27)14-28-20-23-22-19(24-11-6-7-12-24)26(20)17-10-3-2-9-16(17)21/h2-3,9-10,15H,4-8,11-14H2,1H3. The molecule has 0 aliphatic carbocycles. The Balaban J connectivity index is 1.58. The first-order chi connectivity index (χ1) is 13.6. The number of rotatable bonds is 5. The Bertz CT molecular complexity index is 836. The Labute approximate surface area is 175 Å². The van der Waals surface area contributed by atoms with E-state index in [1.807, 2.05) is 33.7 Å². The van der Waals surface area contributed by atoms with Gasteiger partial charge < -0.3 is 9.80 Å². The molecule has 0 bridgehead atoms. The molecule has 1 amide bonds. The molecule has 2 fully saturated rings. The van der Waals surface area contributed by atoms with Gasteiger partial charge >= 0.3 is 0 Å². The number of hydrogen-bond donors (Lipinski definition) is 0. The number of thioether (sulfide) groups is 1. The van der Waals surface area contributed by atoms with Crippen LogP contribution in [0.4, 0.5) is 5.95 Å². The van der Waals surface area contributed by atoms with Crippen molar-refractivity contribution in [3.8, 4) is 5.69 Å². The largest absolute Gasteiger partial charge is 0.341 e. The second-order valence-electron chi connectivity index (χ2n) is 7.48. The Hall–Kier alpha value is -1.73. The summed E-state index contributed by atoms with van der Waals surface area (Å²) in [5, 5.41) is 10.2. The molecule has 1 aromatic carbocycles. The van der Waals surface area contributed by atoms with Crippen molar-refractivity contribution in [2.24, 2.45) is 0 Å². The molecule has 8 heteroatoms. The summed E-state index contributed by atoms with van der Waals surface area (Å²) in [5.74, 6) is 1.35. The number of anilines is 1. The predicted octanol–water partition coefficient (Wildman–Crippen LogP) is 4.01. The van der Waals surface area contributed by atoms with Crippen molar-refractivity contribution in [2.45, 2.75) is 50.2 Å². The number of para-hydroxylation sites is 1. The van der Waals surface area contributed by atoms with Gasteiger partial charge in [-0.05, 0) is 51.2 Å². The van der Waals surface area contributed by atoms with Gasteiger partial charge in [0.05, 0.1) is 16.5 Å². The molecule has 0 spiro atoms. The summed E-state index contributed by atoms with van der Waals surface area (Å²) in [7, 11) is 0. The Kier molecular flexibility index (Phi) is 6.11. The summed E-state index contributed by atoms with van der Waals surface area (Å²) < 4.78 is 2.01. The number of carbonyl (C=O) groups excluding carboxylic acids is 1. The molecule has 6 nitrogen and oxygen atoms in total. The van der Waals surface area contributed by atoms with Crippen LogP contribution in [0.3, 0.4) is 0 Å². The van der Waals surface area contributed by atoms with Gasteiger partial charge in [-0.2, -0.15) is 0 Å². The smallest absolute Gasteiger partial charge is 0.233 e. The number of benzene rings is 1. The topological polar surface area (TPSA) is 54.3 Å². The molecular formula is C20H26ClN5OS. The van der Waals surface area contributed by atoms with Crippen LogP contribution in [-0.4, -0.2) is 57.0 Å². The lowest BCUT2D eigenvalue weighted by Gasteiger charge is -2.33. The van der Waals surface area contributed by atoms with Crippen molar-refractivity contribution >= 4 is 35.2 Å². The lowest BCUT2D eigenvalue weighted by Crippen LogP contribution is -2.43. The number of aromatic nitrogens is 3. The molecule has 4 rings (SSSR count). The average molecular weight is 420 g/mol. The zero-order chi connectivity index (χ0) is 19.5. The van der Waals surface area contributed by atoms with Gasteiger partial charge in [0.2, 0.25) is 11.9 Å². The second kappa shape index (κ2) is 8.74. The monoisotopic (exact) mass is 419 g/mol. The van der Waals surface area contributed by atoms with Crippen LogP contribution in [-0.2, 0) is 4.79 Å². The van der Waals surface area contributed by atoms with Crippen LogP contribution in [0.5, 0.6) is 0 Å². The fourth-order valence-electron chi connectivity index (χ4n) is 4.00. The van der Waals surface area contributed by atoms with Crippen LogP contribution in [0.1, 0.15) is 39.0 Å². The highest BCUT2D eigenvalue weighted by atomic mass is 35.5. The van der Waals surface area contributed by atoms with Gasteiger partial charge in [-0.25, -0.2) is 0 Å². The molecule has 2 aromatic rings. The number of amides is 1. The summed E-state index contributed by atoms with van der Waals surface area (Å²) in [5.41, 5.74) is 0.859. The molecule has 1 atom stereocenters. The van der Waals surface area contributed by atoms with E-state index in [0.29, 0.717) is 22.0 Å². The van der Waals surface area contributed by atoms with E-state index in [0.717, 1.165) is 57.0 Å². The minimum absolute atomic E-state index is 0.175. The summed E-state index contributed by atoms with van der Waals surface area (Å²) in [4.78, 5) is 17.0. The van der Waals surface area contributed by atoms with Crippen LogP contribution in [0, 0.1) is 0 Å². The summed E-state index contributed by atoms with van der Waals surface area (Å²) in [6.45, 7) is 4.94. The van der Waals surface area contributed by atoms with Gasteiger partial charge in [0, 0.05) is 25.7 Å². The number of carbonyl (C=O) groups is 1. The molecular weight excluding hydrogens is 394 g/mol. The Morgan fingerprint density at radius 3 is 2.64 bits per heavy atom. The highest BCUT2D eigenvalue weighted by molar-refractivity contribution is 7.99. The summed E-state index contributed by atoms with van der Waals surface area (Å²) >= 11 is 7.94. The van der Waals surface area contributed by atoms with Gasteiger partial charge in [-0.1, -0.05) is 35.5 Å². The number of likely N-dealkylation sites (tertiary alicyclic amines) is 1. The van der Waals surface area contributed by atoms with Gasteiger partial charge in [0.25, 0.3) is 0 Å². The quantitative estimate of drug-likeness (QED) is 0.685. The first kappa shape index (κ1) is 19.6. The van der Waals surface area contributed by atoms with Crippen LogP contribution in [0.15, 0.2) is 29.4 Å². The van der Waals surface area contributed by atoms with E-state index in [-0.39, 0.29) is 5.91 Å². The second-order valence-corrected chi connectivity index (χ2v) is 8.83. The van der Waals surface area contributed by atoms with E-state index in [2.05, 4.69) is 22.0 Å². The molecule has 3 heterocycles. The van der Waals surface area contributed by atoms with Crippen molar-refractivity contribution < 1.29 is 4.79 Å². The predicted molar refractivity (Wildman–Crippen MR) is 114 cm³/mol. The van der Waals surface area contributed by atoms with E-state index < -0.39 is 0 Å². The molecule has 2 saturated heterocycles. The third-order valence-corrected chi connectivity index (χ3v) is 6.78. The van der Waals surface area contributed by atoms with Gasteiger partial charge in [-0.3, -0.25) is 9.36 Å². The minimum atomic E-state index is 0.175. The zero-order valence-electron chi connectivity index (χ0n) is 16.2. The molecule has 2 aliphatic rings. The normalized spacial score (nSPS) is 20.0. The van der Waals surface area contributed by atoms with Crippen LogP contribution in [0.2, 0.25) is 5.02 Å². The first-order valence-corrected chi connectivity index (χ1v) is 11.4. The fourth-order valence-corrected chi connectivity index (χ4v) is 5.05. The van der Waals surface area contributed by atoms with Crippen molar-refractivity contribution in [3.63, 3.8) is 0 Å². The average Bonchev–Trinajstić information content (AvgIpc) is 3.36. The zero-order valence-corrected chi connectivity index (χ0v) is 17.8. The maximum Gasteiger partial charge on any atom is 0.233 e. The molecule has 1 aromatic heterocycles.